The molecule has 2 aromatic heterocycles. The van der Waals surface area contributed by atoms with Gasteiger partial charge in [-0.3, -0.25) is 4.79 Å². The number of urea groups is 1. The Morgan fingerprint density at radius 3 is 2.55 bits per heavy atom. The minimum atomic E-state index is -4.37. The number of H-pyrrole nitrogens is 1. The second kappa shape index (κ2) is 11.4. The molecule has 4 heterocycles. The third kappa shape index (κ3) is 6.02. The normalized spacial score (nSPS) is 20.2. The minimum Gasteiger partial charge on any atom is -0.330 e. The lowest BCUT2D eigenvalue weighted by molar-refractivity contribution is -0.134. The number of fused-ring (bicyclic) bond motifs is 1. The molecule has 40 heavy (non-hydrogen) atoms. The molecule has 1 fully saturated rings. The van der Waals surface area contributed by atoms with Crippen LogP contribution in [0.25, 0.3) is 0 Å². The Morgan fingerprint density at radius 2 is 1.82 bits per heavy atom. The van der Waals surface area contributed by atoms with Gasteiger partial charge in [-0.25, -0.2) is 23.7 Å². The Labute approximate surface area is 226 Å². The number of hydrogen-bond acceptors (Lipinski definition) is 4. The lowest BCUT2D eigenvalue weighted by Crippen LogP contribution is -2.46. The molecule has 5 rings (SSSR count). The van der Waals surface area contributed by atoms with Gasteiger partial charge in [0.15, 0.2) is 11.6 Å². The van der Waals surface area contributed by atoms with Gasteiger partial charge in [-0.2, -0.15) is 18.3 Å². The maximum atomic E-state index is 14.7. The molecule has 2 amide bonds. The van der Waals surface area contributed by atoms with E-state index in [2.05, 4.69) is 20.5 Å². The zero-order chi connectivity index (χ0) is 28.4. The maximum absolute atomic E-state index is 14.7. The first-order valence-corrected chi connectivity index (χ1v) is 13.2. The number of nitrogens with zero attached hydrogens (tertiary/aromatic N) is 4. The topological polar surface area (TPSA) is 95.9 Å². The highest BCUT2D eigenvalue weighted by atomic mass is 19.4. The zero-order valence-corrected chi connectivity index (χ0v) is 21.6. The van der Waals surface area contributed by atoms with E-state index in [4.69, 9.17) is 0 Å². The van der Waals surface area contributed by atoms with Gasteiger partial charge in [0.2, 0.25) is 0 Å². The van der Waals surface area contributed by atoms with Crippen molar-refractivity contribution >= 4 is 6.03 Å². The van der Waals surface area contributed by atoms with Gasteiger partial charge in [-0.15, -0.1) is 0 Å². The number of nitrogens with one attached hydrogen (secondary N) is 2. The molecule has 0 saturated carbocycles. The summed E-state index contributed by atoms with van der Waals surface area (Å²) in [5, 5.41) is 9.12. The molecule has 13 heteroatoms. The molecule has 2 aliphatic rings. The highest BCUT2D eigenvalue weighted by Gasteiger charge is 2.34. The Bertz CT molecular complexity index is 1410. The largest absolute Gasteiger partial charge is 0.389 e. The van der Waals surface area contributed by atoms with E-state index in [9.17, 15) is 31.5 Å². The number of aromatic amines is 1. The summed E-state index contributed by atoms with van der Waals surface area (Å²) in [4.78, 5) is 31.4. The van der Waals surface area contributed by atoms with Crippen LogP contribution in [0.3, 0.4) is 0 Å². The molecular weight excluding hydrogens is 535 g/mol. The minimum absolute atomic E-state index is 0.00862. The fraction of sp³-hybridized carbons (Fsp3) is 0.481. The highest BCUT2D eigenvalue weighted by molar-refractivity contribution is 5.74. The summed E-state index contributed by atoms with van der Waals surface area (Å²) in [6, 6.07) is 4.60. The molecule has 1 aromatic carbocycles. The number of likely N-dealkylation sites (tertiary alicyclic amines) is 1. The Balaban J connectivity index is 1.34. The van der Waals surface area contributed by atoms with Crippen LogP contribution in [-0.2, 0) is 13.0 Å². The van der Waals surface area contributed by atoms with Crippen molar-refractivity contribution in [1.82, 2.24) is 30.0 Å². The number of halogens is 5. The number of rotatable bonds is 5. The number of hydrogen-bond donors (Lipinski definition) is 2. The van der Waals surface area contributed by atoms with E-state index >= 15 is 0 Å². The third-order valence-corrected chi connectivity index (χ3v) is 7.85. The Kier molecular flexibility index (Phi) is 7.90. The Hall–Kier alpha value is -3.77. The molecule has 8 nitrogen and oxygen atoms in total. The average Bonchev–Trinajstić information content (AvgIpc) is 3.24. The van der Waals surface area contributed by atoms with E-state index in [0.29, 0.717) is 55.9 Å². The van der Waals surface area contributed by atoms with Crippen molar-refractivity contribution < 1.29 is 26.7 Å². The van der Waals surface area contributed by atoms with Crippen LogP contribution in [0.2, 0.25) is 0 Å². The van der Waals surface area contributed by atoms with Crippen molar-refractivity contribution in [1.29, 1.82) is 0 Å². The number of imidazole rings is 1. The molecule has 2 aliphatic heterocycles. The van der Waals surface area contributed by atoms with Gasteiger partial charge < -0.3 is 14.8 Å². The second-order valence-corrected chi connectivity index (χ2v) is 10.4. The molecule has 0 unspecified atom stereocenters. The summed E-state index contributed by atoms with van der Waals surface area (Å²) in [7, 11) is 0. The number of aryl methyl sites for hydroxylation is 1. The van der Waals surface area contributed by atoms with Gasteiger partial charge in [-0.1, -0.05) is 12.1 Å². The molecule has 214 valence electrons. The van der Waals surface area contributed by atoms with Crippen LogP contribution >= 0.6 is 0 Å². The van der Waals surface area contributed by atoms with Crippen molar-refractivity contribution in [2.24, 2.45) is 0 Å². The number of benzene rings is 1. The number of aromatic nitrogens is 4. The first-order valence-electron chi connectivity index (χ1n) is 13.2. The molecule has 3 aromatic rings. The summed E-state index contributed by atoms with van der Waals surface area (Å²) < 4.78 is 69.3. The van der Waals surface area contributed by atoms with E-state index < -0.39 is 36.2 Å². The van der Waals surface area contributed by atoms with E-state index in [1.54, 1.807) is 15.5 Å². The average molecular weight is 565 g/mol. The van der Waals surface area contributed by atoms with Crippen molar-refractivity contribution in [2.45, 2.75) is 69.1 Å². The Morgan fingerprint density at radius 1 is 1.05 bits per heavy atom. The molecule has 0 bridgehead atoms. The maximum Gasteiger partial charge on any atom is 0.389 e. The lowest BCUT2D eigenvalue weighted by Gasteiger charge is -2.33. The van der Waals surface area contributed by atoms with Crippen molar-refractivity contribution in [3.63, 3.8) is 0 Å². The van der Waals surface area contributed by atoms with E-state index in [1.807, 2.05) is 0 Å². The van der Waals surface area contributed by atoms with E-state index in [0.717, 1.165) is 6.07 Å². The van der Waals surface area contributed by atoms with Crippen molar-refractivity contribution in [2.75, 3.05) is 13.1 Å². The van der Waals surface area contributed by atoms with Crippen molar-refractivity contribution in [3.05, 3.63) is 81.3 Å². The zero-order valence-electron chi connectivity index (χ0n) is 21.6. The number of carbonyl (C=O) groups excluding carboxylic acids is 1. The van der Waals surface area contributed by atoms with Crippen LogP contribution in [-0.4, -0.2) is 49.9 Å². The van der Waals surface area contributed by atoms with Crippen LogP contribution < -0.4 is 10.9 Å². The van der Waals surface area contributed by atoms with Crippen LogP contribution in [0.4, 0.5) is 26.7 Å². The van der Waals surface area contributed by atoms with Gasteiger partial charge in [0.05, 0.1) is 6.04 Å². The summed E-state index contributed by atoms with van der Waals surface area (Å²) in [5.74, 6) is -2.12. The standard InChI is InChI=1S/C27H29F5N6O2/c28-21-3-1-2-19(23(21)29)17-4-5-22(24-33-14-18(38(24)15-17)6-10-27(30,31)32)35-26(40)37-12-8-16(9-13-37)20-7-11-34-36-25(20)39/h1-3,7,11,14,16-17,22H,4-6,8-10,12-13,15H2,(H,35,40)(H,36,39)/t17-,22-/m1/s1. The molecular formula is C27H29F5N6O2. The molecule has 0 aliphatic carbocycles. The van der Waals surface area contributed by atoms with Gasteiger partial charge in [0.25, 0.3) is 5.56 Å². The predicted octanol–water partition coefficient (Wildman–Crippen LogP) is 4.95. The van der Waals surface area contributed by atoms with E-state index in [1.165, 1.54) is 24.5 Å². The number of alkyl halides is 3. The number of carbonyl (C=O) groups is 1. The third-order valence-electron chi connectivity index (χ3n) is 7.85. The van der Waals surface area contributed by atoms with Gasteiger partial charge in [0.1, 0.15) is 5.82 Å². The SMILES string of the molecule is O=C(N[C@@H]1CC[C@@H](c2cccc(F)c2F)Cn2c(CCC(F)(F)F)cnc21)N1CCC(c2ccn[nH]c2=O)CC1. The number of piperidine rings is 1. The molecule has 2 atom stereocenters. The summed E-state index contributed by atoms with van der Waals surface area (Å²) in [6.07, 6.45) is -0.987. The number of amides is 2. The predicted molar refractivity (Wildman–Crippen MR) is 135 cm³/mol. The summed E-state index contributed by atoms with van der Waals surface area (Å²) >= 11 is 0. The van der Waals surface area contributed by atoms with Crippen LogP contribution in [0.5, 0.6) is 0 Å². The first-order chi connectivity index (χ1) is 19.1. The summed E-state index contributed by atoms with van der Waals surface area (Å²) in [6.45, 7) is 0.932. The van der Waals surface area contributed by atoms with Crippen molar-refractivity contribution in [3.8, 4) is 0 Å². The van der Waals surface area contributed by atoms with Crippen LogP contribution in [0.15, 0.2) is 41.5 Å². The first kappa shape index (κ1) is 27.8. The molecule has 1 saturated heterocycles. The van der Waals surface area contributed by atoms with E-state index in [-0.39, 0.29) is 36.0 Å². The monoisotopic (exact) mass is 564 g/mol. The van der Waals surface area contributed by atoms with Gasteiger partial charge >= 0.3 is 12.2 Å². The van der Waals surface area contributed by atoms with Crippen LogP contribution in [0.1, 0.15) is 72.6 Å². The quantitative estimate of drug-likeness (QED) is 0.429. The fourth-order valence-corrected chi connectivity index (χ4v) is 5.73. The lowest BCUT2D eigenvalue weighted by atomic mass is 9.90. The molecule has 0 radical (unpaired) electrons. The second-order valence-electron chi connectivity index (χ2n) is 10.4. The fourth-order valence-electron chi connectivity index (χ4n) is 5.73. The van der Waals surface area contributed by atoms with Gasteiger partial charge in [-0.05, 0) is 55.7 Å². The molecule has 0 spiro atoms. The summed E-state index contributed by atoms with van der Waals surface area (Å²) in [5.41, 5.74) is 0.837. The smallest absolute Gasteiger partial charge is 0.330 e. The highest BCUT2D eigenvalue weighted by Crippen LogP contribution is 2.36. The van der Waals surface area contributed by atoms with Gasteiger partial charge in [0, 0.05) is 55.6 Å². The molecule has 2 N–H and O–H groups in total. The van der Waals surface area contributed by atoms with Crippen LogP contribution in [0, 0.1) is 11.6 Å².